The van der Waals surface area contributed by atoms with Gasteiger partial charge in [0.05, 0.1) is 33.0 Å². The minimum atomic E-state index is -1.55. The number of ether oxygens (including phenoxy) is 3. The highest BCUT2D eigenvalue weighted by Gasteiger charge is 2.59. The zero-order chi connectivity index (χ0) is 21.1. The number of nitrogens with zero attached hydrogens (tertiary/aromatic N) is 1. The number of aliphatic hydroxyl groups excluding tert-OH is 1. The molecule has 1 spiro atoms. The van der Waals surface area contributed by atoms with Gasteiger partial charge in [-0.1, -0.05) is 42.5 Å². The number of methoxy groups -OCH3 is 1. The Balaban J connectivity index is 1.38. The second kappa shape index (κ2) is 8.43. The van der Waals surface area contributed by atoms with Gasteiger partial charge in [0.15, 0.2) is 0 Å². The summed E-state index contributed by atoms with van der Waals surface area (Å²) in [6, 6.07) is 16.2. The van der Waals surface area contributed by atoms with E-state index in [9.17, 15) is 14.7 Å². The zero-order valence-corrected chi connectivity index (χ0v) is 16.6. The van der Waals surface area contributed by atoms with E-state index < -0.39 is 29.9 Å². The number of nitrogens with one attached hydrogen (secondary N) is 1. The van der Waals surface area contributed by atoms with E-state index in [1.54, 1.807) is 31.4 Å². The first-order valence-corrected chi connectivity index (χ1v) is 9.75. The quantitative estimate of drug-likeness (QED) is 0.674. The minimum absolute atomic E-state index is 0.0178. The fraction of sp³-hybridized carbons (Fsp3) is 0.364. The third-order valence-electron chi connectivity index (χ3n) is 5.32. The van der Waals surface area contributed by atoms with Crippen LogP contribution in [0.5, 0.6) is 5.75 Å². The molecule has 2 aromatic rings. The molecule has 158 valence electrons. The van der Waals surface area contributed by atoms with E-state index in [1.165, 1.54) is 0 Å². The van der Waals surface area contributed by atoms with Crippen molar-refractivity contribution in [3.63, 3.8) is 0 Å². The van der Waals surface area contributed by atoms with Crippen molar-refractivity contribution >= 4 is 11.9 Å². The van der Waals surface area contributed by atoms with Crippen LogP contribution in [0, 0.1) is 0 Å². The summed E-state index contributed by atoms with van der Waals surface area (Å²) in [5.74, 6) is 0.181. The van der Waals surface area contributed by atoms with E-state index in [4.69, 9.17) is 14.2 Å². The number of hydrogen-bond donors (Lipinski definition) is 2. The smallest absolute Gasteiger partial charge is 0.327 e. The fourth-order valence-electron chi connectivity index (χ4n) is 3.70. The monoisotopic (exact) mass is 412 g/mol. The lowest BCUT2D eigenvalue weighted by atomic mass is 10.1. The van der Waals surface area contributed by atoms with Gasteiger partial charge >= 0.3 is 6.03 Å². The van der Waals surface area contributed by atoms with Crippen LogP contribution in [0.1, 0.15) is 17.5 Å². The van der Waals surface area contributed by atoms with Gasteiger partial charge in [0.2, 0.25) is 5.72 Å². The second-order valence-electron chi connectivity index (χ2n) is 7.43. The first kappa shape index (κ1) is 20.3. The van der Waals surface area contributed by atoms with Crippen LogP contribution >= 0.6 is 0 Å². The molecular weight excluding hydrogens is 388 g/mol. The number of urea groups is 1. The lowest BCUT2D eigenvalue weighted by molar-refractivity contribution is -0.153. The molecule has 2 N–H and O–H groups in total. The van der Waals surface area contributed by atoms with E-state index >= 15 is 0 Å². The molecular formula is C22H24N2O6. The van der Waals surface area contributed by atoms with E-state index in [2.05, 4.69) is 5.32 Å². The highest BCUT2D eigenvalue weighted by molar-refractivity contribution is 6.06. The molecule has 8 heteroatoms. The summed E-state index contributed by atoms with van der Waals surface area (Å²) < 4.78 is 16.6. The Morgan fingerprint density at radius 1 is 1.13 bits per heavy atom. The molecule has 2 heterocycles. The molecule has 4 rings (SSSR count). The molecule has 2 saturated heterocycles. The second-order valence-corrected chi connectivity index (χ2v) is 7.43. The Morgan fingerprint density at radius 2 is 1.87 bits per heavy atom. The van der Waals surface area contributed by atoms with Crippen LogP contribution in [-0.4, -0.2) is 53.6 Å². The van der Waals surface area contributed by atoms with Crippen molar-refractivity contribution in [3.05, 3.63) is 65.7 Å². The number of carbonyl (C=O) groups is 2. The highest BCUT2D eigenvalue weighted by atomic mass is 16.6. The standard InChI is InChI=1S/C22H24N2O6/c1-28-17-9-7-15(8-10-17)12-24-20(26)22(23-21(24)27)11-18(25)19(30-22)14-29-13-16-5-3-2-4-6-16/h2-10,18-19,25H,11-14H2,1H3,(H,23,27)/t18-,19-,22+/m1/s1. The number of imide groups is 1. The summed E-state index contributed by atoms with van der Waals surface area (Å²) in [5.41, 5.74) is 0.220. The zero-order valence-electron chi connectivity index (χ0n) is 16.6. The molecule has 3 atom stereocenters. The van der Waals surface area contributed by atoms with E-state index in [1.807, 2.05) is 30.3 Å². The fourth-order valence-corrected chi connectivity index (χ4v) is 3.70. The van der Waals surface area contributed by atoms with Gasteiger partial charge in [0.1, 0.15) is 11.9 Å². The minimum Gasteiger partial charge on any atom is -0.497 e. The molecule has 0 bridgehead atoms. The van der Waals surface area contributed by atoms with Gasteiger partial charge in [-0.3, -0.25) is 9.69 Å². The third kappa shape index (κ3) is 4.02. The first-order chi connectivity index (χ1) is 14.5. The van der Waals surface area contributed by atoms with Crippen LogP contribution in [0.4, 0.5) is 4.79 Å². The number of rotatable bonds is 7. The van der Waals surface area contributed by atoms with Crippen LogP contribution in [0.2, 0.25) is 0 Å². The van der Waals surface area contributed by atoms with Crippen molar-refractivity contribution in [1.82, 2.24) is 10.2 Å². The van der Waals surface area contributed by atoms with Crippen LogP contribution in [0.15, 0.2) is 54.6 Å². The molecule has 0 aromatic heterocycles. The number of carbonyl (C=O) groups excluding carboxylic acids is 2. The Hall–Kier alpha value is -2.94. The van der Waals surface area contributed by atoms with Gasteiger partial charge in [0, 0.05) is 6.42 Å². The molecule has 2 aromatic carbocycles. The van der Waals surface area contributed by atoms with Gasteiger partial charge in [-0.2, -0.15) is 0 Å². The topological polar surface area (TPSA) is 97.3 Å². The van der Waals surface area contributed by atoms with Crippen molar-refractivity contribution in [1.29, 1.82) is 0 Å². The molecule has 2 aliphatic heterocycles. The Kier molecular flexibility index (Phi) is 5.72. The van der Waals surface area contributed by atoms with Gasteiger partial charge in [0.25, 0.3) is 5.91 Å². The number of aliphatic hydroxyl groups is 1. The lowest BCUT2D eigenvalue weighted by Gasteiger charge is -2.21. The molecule has 2 aliphatic rings. The van der Waals surface area contributed by atoms with Crippen LogP contribution < -0.4 is 10.1 Å². The molecule has 0 unspecified atom stereocenters. The van der Waals surface area contributed by atoms with Gasteiger partial charge in [-0.05, 0) is 23.3 Å². The average molecular weight is 412 g/mol. The molecule has 0 saturated carbocycles. The first-order valence-electron chi connectivity index (χ1n) is 9.75. The normalized spacial score (nSPS) is 25.7. The summed E-state index contributed by atoms with van der Waals surface area (Å²) in [6.07, 6.45) is -1.65. The predicted octanol–water partition coefficient (Wildman–Crippen LogP) is 1.81. The third-order valence-corrected chi connectivity index (χ3v) is 5.32. The molecule has 0 radical (unpaired) electrons. The van der Waals surface area contributed by atoms with Crippen LogP contribution in [0.25, 0.3) is 0 Å². The number of amides is 3. The van der Waals surface area contributed by atoms with E-state index in [0.717, 1.165) is 16.0 Å². The Labute approximate surface area is 174 Å². The summed E-state index contributed by atoms with van der Waals surface area (Å²) in [6.45, 7) is 0.578. The van der Waals surface area contributed by atoms with Crippen molar-refractivity contribution in [2.75, 3.05) is 13.7 Å². The summed E-state index contributed by atoms with van der Waals surface area (Å²) in [4.78, 5) is 26.6. The average Bonchev–Trinajstić information content (AvgIpc) is 3.19. The van der Waals surface area contributed by atoms with Gasteiger partial charge in [-0.25, -0.2) is 4.79 Å². The van der Waals surface area contributed by atoms with E-state index in [-0.39, 0.29) is 19.6 Å². The summed E-state index contributed by atoms with van der Waals surface area (Å²) >= 11 is 0. The van der Waals surface area contributed by atoms with Crippen LogP contribution in [0.3, 0.4) is 0 Å². The van der Waals surface area contributed by atoms with Crippen molar-refractivity contribution in [3.8, 4) is 5.75 Å². The maximum atomic E-state index is 13.0. The largest absolute Gasteiger partial charge is 0.497 e. The van der Waals surface area contributed by atoms with Crippen molar-refractivity contribution in [2.24, 2.45) is 0 Å². The van der Waals surface area contributed by atoms with Crippen molar-refractivity contribution in [2.45, 2.75) is 37.5 Å². The van der Waals surface area contributed by atoms with Gasteiger partial charge in [-0.15, -0.1) is 0 Å². The number of benzene rings is 2. The maximum Gasteiger partial charge on any atom is 0.327 e. The summed E-state index contributed by atoms with van der Waals surface area (Å²) in [7, 11) is 1.57. The molecule has 8 nitrogen and oxygen atoms in total. The molecule has 30 heavy (non-hydrogen) atoms. The van der Waals surface area contributed by atoms with Crippen LogP contribution in [-0.2, 0) is 27.4 Å². The Bertz CT molecular complexity index is 904. The number of hydrogen-bond acceptors (Lipinski definition) is 6. The SMILES string of the molecule is COc1ccc(CN2C(=O)N[C@]3(C[C@@H](O)[C@@H](COCc4ccccc4)O3)C2=O)cc1. The molecule has 2 fully saturated rings. The Morgan fingerprint density at radius 3 is 2.57 bits per heavy atom. The predicted molar refractivity (Wildman–Crippen MR) is 106 cm³/mol. The molecule has 0 aliphatic carbocycles. The highest BCUT2D eigenvalue weighted by Crippen LogP contribution is 2.35. The van der Waals surface area contributed by atoms with Crippen molar-refractivity contribution < 1.29 is 28.9 Å². The van der Waals surface area contributed by atoms with E-state index in [0.29, 0.717) is 12.4 Å². The lowest BCUT2D eigenvalue weighted by Crippen LogP contribution is -2.47. The summed E-state index contributed by atoms with van der Waals surface area (Å²) in [5, 5.41) is 13.0. The molecule has 3 amide bonds. The van der Waals surface area contributed by atoms with Gasteiger partial charge < -0.3 is 24.6 Å². The maximum absolute atomic E-state index is 13.0.